The molecule has 1 fully saturated rings. The molecule has 2 atom stereocenters. The summed E-state index contributed by atoms with van der Waals surface area (Å²) in [7, 11) is 0. The number of allylic oxidation sites excluding steroid dienone is 1. The molecule has 2 heteroatoms. The Morgan fingerprint density at radius 3 is 3.08 bits per heavy atom. The maximum atomic E-state index is 11.2. The molecule has 0 aliphatic heterocycles. The predicted octanol–water partition coefficient (Wildman–Crippen LogP) is 1.83. The summed E-state index contributed by atoms with van der Waals surface area (Å²) >= 11 is 0. The largest absolute Gasteiger partial charge is 0.392 e. The molecule has 2 rings (SSSR count). The number of hydrogen-bond acceptors (Lipinski definition) is 2. The fourth-order valence-electron chi connectivity index (χ4n) is 2.83. The van der Waals surface area contributed by atoms with Crippen molar-refractivity contribution in [3.63, 3.8) is 0 Å². The quantitative estimate of drug-likeness (QED) is 0.668. The number of aliphatic hydroxyl groups is 1. The molecular formula is C11H16O2. The first kappa shape index (κ1) is 8.95. The maximum absolute atomic E-state index is 11.2. The average Bonchev–Trinajstić information content (AvgIpc) is 2.44. The molecule has 13 heavy (non-hydrogen) atoms. The normalized spacial score (nSPS) is 38.8. The van der Waals surface area contributed by atoms with Crippen molar-refractivity contribution in [2.45, 2.75) is 45.1 Å². The number of fused-ring (bicyclic) bond motifs is 1. The molecular weight excluding hydrogens is 164 g/mol. The molecule has 2 aliphatic carbocycles. The fraction of sp³-hybridized carbons (Fsp3) is 0.727. The average molecular weight is 180 g/mol. The highest BCUT2D eigenvalue weighted by Crippen LogP contribution is 2.50. The summed E-state index contributed by atoms with van der Waals surface area (Å²) in [5.74, 6) is 0.244. The molecule has 2 aliphatic rings. The number of hydrogen-bond donors (Lipinski definition) is 1. The smallest absolute Gasteiger partial charge is 0.155 e. The number of ketones is 1. The summed E-state index contributed by atoms with van der Waals surface area (Å²) in [6.07, 6.45) is 5.77. The van der Waals surface area contributed by atoms with E-state index in [-0.39, 0.29) is 17.3 Å². The molecule has 1 saturated carbocycles. The van der Waals surface area contributed by atoms with E-state index in [4.69, 9.17) is 0 Å². The van der Waals surface area contributed by atoms with Gasteiger partial charge in [-0.05, 0) is 31.8 Å². The first-order valence-electron chi connectivity index (χ1n) is 5.11. The Kier molecular flexibility index (Phi) is 2.03. The van der Waals surface area contributed by atoms with Crippen molar-refractivity contribution in [2.24, 2.45) is 5.41 Å². The summed E-state index contributed by atoms with van der Waals surface area (Å²) in [4.78, 5) is 11.2. The van der Waals surface area contributed by atoms with E-state index in [1.54, 1.807) is 6.08 Å². The predicted molar refractivity (Wildman–Crippen MR) is 50.3 cm³/mol. The van der Waals surface area contributed by atoms with Crippen molar-refractivity contribution in [1.29, 1.82) is 0 Å². The van der Waals surface area contributed by atoms with Crippen molar-refractivity contribution >= 4 is 5.78 Å². The van der Waals surface area contributed by atoms with Crippen LogP contribution in [-0.2, 0) is 4.79 Å². The van der Waals surface area contributed by atoms with Gasteiger partial charge in [0.1, 0.15) is 0 Å². The van der Waals surface area contributed by atoms with Crippen LogP contribution in [0.5, 0.6) is 0 Å². The molecule has 0 spiro atoms. The van der Waals surface area contributed by atoms with Gasteiger partial charge in [-0.3, -0.25) is 4.79 Å². The molecule has 0 aromatic carbocycles. The van der Waals surface area contributed by atoms with Gasteiger partial charge in [0.05, 0.1) is 6.10 Å². The Morgan fingerprint density at radius 2 is 2.38 bits per heavy atom. The number of carbonyl (C=O) groups is 1. The molecule has 0 unspecified atom stereocenters. The van der Waals surface area contributed by atoms with Crippen LogP contribution in [-0.4, -0.2) is 17.0 Å². The van der Waals surface area contributed by atoms with Gasteiger partial charge in [-0.1, -0.05) is 12.5 Å². The lowest BCUT2D eigenvalue weighted by Gasteiger charge is -2.35. The SMILES string of the molecule is CC[C@]12CCC(=O)C=C1CC[C@@H]2O. The summed E-state index contributed by atoms with van der Waals surface area (Å²) in [5.41, 5.74) is 1.17. The third kappa shape index (κ3) is 1.16. The minimum Gasteiger partial charge on any atom is -0.392 e. The molecule has 0 aromatic rings. The monoisotopic (exact) mass is 180 g/mol. The van der Waals surface area contributed by atoms with Crippen molar-refractivity contribution in [3.05, 3.63) is 11.6 Å². The minimum absolute atomic E-state index is 0.0338. The maximum Gasteiger partial charge on any atom is 0.155 e. The zero-order chi connectivity index (χ0) is 9.47. The molecule has 0 amide bonds. The van der Waals surface area contributed by atoms with E-state index < -0.39 is 0 Å². The van der Waals surface area contributed by atoms with E-state index in [2.05, 4.69) is 6.92 Å². The summed E-state index contributed by atoms with van der Waals surface area (Å²) in [6, 6.07) is 0. The molecule has 2 nitrogen and oxygen atoms in total. The molecule has 1 N–H and O–H groups in total. The molecule has 0 heterocycles. The van der Waals surface area contributed by atoms with Gasteiger partial charge >= 0.3 is 0 Å². The van der Waals surface area contributed by atoms with Crippen molar-refractivity contribution in [3.8, 4) is 0 Å². The summed E-state index contributed by atoms with van der Waals surface area (Å²) in [5, 5.41) is 9.91. The van der Waals surface area contributed by atoms with Crippen LogP contribution in [0, 0.1) is 5.41 Å². The van der Waals surface area contributed by atoms with Crippen LogP contribution in [0.3, 0.4) is 0 Å². The number of aliphatic hydroxyl groups excluding tert-OH is 1. The Labute approximate surface area is 78.6 Å². The lowest BCUT2D eigenvalue weighted by atomic mass is 9.71. The second kappa shape index (κ2) is 2.95. The topological polar surface area (TPSA) is 37.3 Å². The highest BCUT2D eigenvalue weighted by molar-refractivity contribution is 5.91. The van der Waals surface area contributed by atoms with E-state index >= 15 is 0 Å². The zero-order valence-electron chi connectivity index (χ0n) is 8.05. The molecule has 72 valence electrons. The third-order valence-corrected chi connectivity index (χ3v) is 3.75. The van der Waals surface area contributed by atoms with Crippen LogP contribution in [0.2, 0.25) is 0 Å². The van der Waals surface area contributed by atoms with E-state index in [0.717, 1.165) is 25.7 Å². The third-order valence-electron chi connectivity index (χ3n) is 3.75. The first-order chi connectivity index (χ1) is 6.19. The molecule has 0 bridgehead atoms. The van der Waals surface area contributed by atoms with Gasteiger partial charge in [0.15, 0.2) is 5.78 Å². The Bertz CT molecular complexity index is 267. The van der Waals surface area contributed by atoms with Crippen LogP contribution in [0.25, 0.3) is 0 Å². The summed E-state index contributed by atoms with van der Waals surface area (Å²) in [6.45, 7) is 2.11. The van der Waals surface area contributed by atoms with Crippen LogP contribution in [0.15, 0.2) is 11.6 Å². The van der Waals surface area contributed by atoms with Crippen LogP contribution in [0.4, 0.5) is 0 Å². The highest BCUT2D eigenvalue weighted by Gasteiger charge is 2.46. The Hall–Kier alpha value is -0.630. The van der Waals surface area contributed by atoms with Gasteiger partial charge in [-0.2, -0.15) is 0 Å². The lowest BCUT2D eigenvalue weighted by molar-refractivity contribution is -0.116. The first-order valence-corrected chi connectivity index (χ1v) is 5.11. The zero-order valence-corrected chi connectivity index (χ0v) is 8.05. The molecule has 0 radical (unpaired) electrons. The number of carbonyl (C=O) groups excluding carboxylic acids is 1. The van der Waals surface area contributed by atoms with Crippen molar-refractivity contribution in [2.75, 3.05) is 0 Å². The van der Waals surface area contributed by atoms with E-state index in [1.165, 1.54) is 5.57 Å². The van der Waals surface area contributed by atoms with Crippen LogP contribution < -0.4 is 0 Å². The number of rotatable bonds is 1. The van der Waals surface area contributed by atoms with Crippen LogP contribution >= 0.6 is 0 Å². The molecule has 0 aromatic heterocycles. The second-order valence-corrected chi connectivity index (χ2v) is 4.20. The Morgan fingerprint density at radius 1 is 1.62 bits per heavy atom. The van der Waals surface area contributed by atoms with Gasteiger partial charge < -0.3 is 5.11 Å². The van der Waals surface area contributed by atoms with Gasteiger partial charge in [-0.15, -0.1) is 0 Å². The highest BCUT2D eigenvalue weighted by atomic mass is 16.3. The van der Waals surface area contributed by atoms with E-state index in [0.29, 0.717) is 6.42 Å². The van der Waals surface area contributed by atoms with E-state index in [9.17, 15) is 9.90 Å². The van der Waals surface area contributed by atoms with Crippen molar-refractivity contribution in [1.82, 2.24) is 0 Å². The van der Waals surface area contributed by atoms with Gasteiger partial charge in [0.2, 0.25) is 0 Å². The van der Waals surface area contributed by atoms with Crippen molar-refractivity contribution < 1.29 is 9.90 Å². The van der Waals surface area contributed by atoms with E-state index in [1.807, 2.05) is 0 Å². The van der Waals surface area contributed by atoms with Gasteiger partial charge in [0.25, 0.3) is 0 Å². The fourth-order valence-corrected chi connectivity index (χ4v) is 2.83. The standard InChI is InChI=1S/C11H16O2/c1-2-11-6-5-9(12)7-8(11)3-4-10(11)13/h7,10,13H,2-6H2,1H3/t10-,11-/m0/s1. The lowest BCUT2D eigenvalue weighted by Crippen LogP contribution is -2.33. The minimum atomic E-state index is -0.211. The van der Waals surface area contributed by atoms with Gasteiger partial charge in [0, 0.05) is 11.8 Å². The second-order valence-electron chi connectivity index (χ2n) is 4.20. The molecule has 0 saturated heterocycles. The van der Waals surface area contributed by atoms with Gasteiger partial charge in [-0.25, -0.2) is 0 Å². The Balaban J connectivity index is 2.38. The summed E-state index contributed by atoms with van der Waals surface area (Å²) < 4.78 is 0. The van der Waals surface area contributed by atoms with Crippen LogP contribution in [0.1, 0.15) is 39.0 Å².